The van der Waals surface area contributed by atoms with E-state index in [0.29, 0.717) is 24.3 Å². The van der Waals surface area contributed by atoms with E-state index in [0.717, 1.165) is 97.2 Å². The Morgan fingerprint density at radius 3 is 2.69 bits per heavy atom. The van der Waals surface area contributed by atoms with Gasteiger partial charge in [0.05, 0.1) is 30.6 Å². The van der Waals surface area contributed by atoms with E-state index in [1.165, 1.54) is 0 Å². The summed E-state index contributed by atoms with van der Waals surface area (Å²) >= 11 is 0. The first-order valence-electron chi connectivity index (χ1n) is 15.3. The summed E-state index contributed by atoms with van der Waals surface area (Å²) in [7, 11) is 3.64. The maximum atomic E-state index is 13.7. The van der Waals surface area contributed by atoms with Gasteiger partial charge in [-0.3, -0.25) is 9.59 Å². The molecule has 10 heteroatoms. The maximum Gasteiger partial charge on any atom is 0.254 e. The number of methoxy groups -OCH3 is 1. The standard InChI is InChI=1S/C32H39N7O3/c1-37-29-24(14-20(16-27(29)42-2)32(41)39-22-11-12-25(39)23(33)17-22)36-31(37)26-15-19-9-10-21-18-34-28(40)8-6-4-3-5-7-13-38(26)30(19)35-21/h9-10,14-16,22-23,25H,3-8,11-13,17-18,33H2,1-2H3,(H,34,40)/t22-,23+,25+/m0/s1. The first-order chi connectivity index (χ1) is 20.4. The van der Waals surface area contributed by atoms with Crippen molar-refractivity contribution >= 4 is 33.9 Å². The highest BCUT2D eigenvalue weighted by Gasteiger charge is 2.47. The number of aromatic nitrogens is 4. The molecule has 0 saturated carbocycles. The molecule has 3 N–H and O–H groups in total. The molecule has 4 aromatic rings. The topological polar surface area (TPSA) is 120 Å². The molecule has 2 saturated heterocycles. The van der Waals surface area contributed by atoms with Crippen molar-refractivity contribution in [3.63, 3.8) is 0 Å². The number of aryl methyl sites for hydroxylation is 2. The van der Waals surface area contributed by atoms with Crippen molar-refractivity contribution in [2.45, 2.75) is 89.0 Å². The van der Waals surface area contributed by atoms with Crippen molar-refractivity contribution in [2.75, 3.05) is 7.11 Å². The first kappa shape index (κ1) is 26.9. The Bertz CT molecular complexity index is 1690. The van der Waals surface area contributed by atoms with E-state index in [1.54, 1.807) is 7.11 Å². The minimum Gasteiger partial charge on any atom is -0.494 e. The van der Waals surface area contributed by atoms with Gasteiger partial charge in [0, 0.05) is 49.1 Å². The average Bonchev–Trinajstić information content (AvgIpc) is 3.74. The lowest BCUT2D eigenvalue weighted by molar-refractivity contribution is -0.121. The van der Waals surface area contributed by atoms with Gasteiger partial charge in [0.1, 0.15) is 16.9 Å². The number of rotatable bonds is 3. The average molecular weight is 570 g/mol. The molecule has 0 spiro atoms. The van der Waals surface area contributed by atoms with Crippen LogP contribution >= 0.6 is 0 Å². The lowest BCUT2D eigenvalue weighted by Crippen LogP contribution is -2.40. The number of benzene rings is 1. The van der Waals surface area contributed by atoms with E-state index in [2.05, 4.69) is 26.6 Å². The number of carbonyl (C=O) groups is 2. The number of nitrogens with one attached hydrogen (secondary N) is 1. The summed E-state index contributed by atoms with van der Waals surface area (Å²) in [6.07, 6.45) is 8.60. The van der Waals surface area contributed by atoms with E-state index in [-0.39, 0.29) is 29.9 Å². The molecule has 0 unspecified atom stereocenters. The summed E-state index contributed by atoms with van der Waals surface area (Å²) in [4.78, 5) is 38.1. The van der Waals surface area contributed by atoms with Crippen LogP contribution in [0.25, 0.3) is 33.6 Å². The highest BCUT2D eigenvalue weighted by molar-refractivity contribution is 6.00. The van der Waals surface area contributed by atoms with Crippen molar-refractivity contribution in [3.05, 3.63) is 41.6 Å². The molecule has 42 heavy (non-hydrogen) atoms. The second-order valence-corrected chi connectivity index (χ2v) is 12.1. The van der Waals surface area contributed by atoms with Gasteiger partial charge in [-0.1, -0.05) is 19.3 Å². The number of ether oxygens (including phenoxy) is 1. The summed E-state index contributed by atoms with van der Waals surface area (Å²) in [6, 6.07) is 10.3. The van der Waals surface area contributed by atoms with Gasteiger partial charge in [-0.25, -0.2) is 9.97 Å². The molecular formula is C32H39N7O3. The highest BCUT2D eigenvalue weighted by Crippen LogP contribution is 2.39. The second-order valence-electron chi connectivity index (χ2n) is 12.1. The summed E-state index contributed by atoms with van der Waals surface area (Å²) in [5, 5.41) is 4.05. The summed E-state index contributed by atoms with van der Waals surface area (Å²) in [5.74, 6) is 1.51. The molecule has 3 aliphatic rings. The molecule has 3 atom stereocenters. The molecule has 1 aromatic carbocycles. The SMILES string of the molecule is COc1cc(C(=O)N2[C@H]3CC[C@@H]2[C@H](N)C3)cc2nc(-c3cc4ccc5nc4n3CCCCCCCC(=O)NC5)n(C)c12. The van der Waals surface area contributed by atoms with Crippen LogP contribution in [0.15, 0.2) is 30.3 Å². The van der Waals surface area contributed by atoms with Crippen molar-refractivity contribution in [3.8, 4) is 17.3 Å². The fourth-order valence-corrected chi connectivity index (χ4v) is 7.36. The van der Waals surface area contributed by atoms with Gasteiger partial charge in [-0.05, 0) is 62.4 Å². The van der Waals surface area contributed by atoms with Gasteiger partial charge in [0.15, 0.2) is 5.82 Å². The van der Waals surface area contributed by atoms with Gasteiger partial charge < -0.3 is 29.8 Å². The third-order valence-electron chi connectivity index (χ3n) is 9.50. The number of nitrogens with zero attached hydrogens (tertiary/aromatic N) is 5. The fourth-order valence-electron chi connectivity index (χ4n) is 7.36. The number of hydrogen-bond donors (Lipinski definition) is 2. The fraction of sp³-hybridized carbons (Fsp3) is 0.500. The van der Waals surface area contributed by atoms with Crippen LogP contribution in [0.5, 0.6) is 5.75 Å². The van der Waals surface area contributed by atoms with Crippen LogP contribution in [-0.4, -0.2) is 61.1 Å². The lowest BCUT2D eigenvalue weighted by atomic mass is 9.97. The van der Waals surface area contributed by atoms with Crippen LogP contribution in [0.1, 0.15) is 73.8 Å². The van der Waals surface area contributed by atoms with E-state index >= 15 is 0 Å². The van der Waals surface area contributed by atoms with Gasteiger partial charge in [0.2, 0.25) is 5.91 Å². The molecule has 2 fully saturated rings. The third kappa shape index (κ3) is 4.52. The van der Waals surface area contributed by atoms with Crippen molar-refractivity contribution < 1.29 is 14.3 Å². The quantitative estimate of drug-likeness (QED) is 0.380. The molecule has 4 bridgehead atoms. The normalized spacial score (nSPS) is 23.1. The van der Waals surface area contributed by atoms with Gasteiger partial charge >= 0.3 is 0 Å². The van der Waals surface area contributed by atoms with Crippen molar-refractivity contribution in [1.82, 2.24) is 29.3 Å². The second kappa shape index (κ2) is 10.7. The molecule has 0 aliphatic carbocycles. The largest absolute Gasteiger partial charge is 0.494 e. The molecular weight excluding hydrogens is 530 g/mol. The minimum absolute atomic E-state index is 0.00828. The monoisotopic (exact) mass is 569 g/mol. The van der Waals surface area contributed by atoms with Crippen LogP contribution < -0.4 is 15.8 Å². The lowest BCUT2D eigenvalue weighted by Gasteiger charge is -2.23. The number of amides is 2. The van der Waals surface area contributed by atoms with Crippen LogP contribution in [0.3, 0.4) is 0 Å². The number of imidazole rings is 1. The van der Waals surface area contributed by atoms with Crippen LogP contribution in [0.4, 0.5) is 0 Å². The Balaban J connectivity index is 1.31. The predicted molar refractivity (Wildman–Crippen MR) is 161 cm³/mol. The molecule has 3 aliphatic heterocycles. The molecule has 220 valence electrons. The zero-order chi connectivity index (χ0) is 29.0. The van der Waals surface area contributed by atoms with E-state index in [4.69, 9.17) is 20.4 Å². The Labute approximate surface area is 245 Å². The Hall–Kier alpha value is -3.92. The molecule has 6 heterocycles. The third-order valence-corrected chi connectivity index (χ3v) is 9.50. The zero-order valence-electron chi connectivity index (χ0n) is 24.4. The van der Waals surface area contributed by atoms with Gasteiger partial charge in [-0.2, -0.15) is 0 Å². The van der Waals surface area contributed by atoms with E-state index < -0.39 is 0 Å². The molecule has 3 aromatic heterocycles. The molecule has 0 radical (unpaired) electrons. The summed E-state index contributed by atoms with van der Waals surface area (Å²) < 4.78 is 10.2. The van der Waals surface area contributed by atoms with Crippen LogP contribution in [-0.2, 0) is 24.9 Å². The van der Waals surface area contributed by atoms with Crippen LogP contribution in [0, 0.1) is 0 Å². The molecule has 10 nitrogen and oxygen atoms in total. The molecule has 2 amide bonds. The number of nitrogens with two attached hydrogens (primary N) is 1. The number of carbonyl (C=O) groups excluding carboxylic acids is 2. The highest BCUT2D eigenvalue weighted by atomic mass is 16.5. The zero-order valence-corrected chi connectivity index (χ0v) is 24.4. The minimum atomic E-state index is 0.00828. The van der Waals surface area contributed by atoms with E-state index in [1.807, 2.05) is 30.1 Å². The van der Waals surface area contributed by atoms with E-state index in [9.17, 15) is 9.59 Å². The van der Waals surface area contributed by atoms with Gasteiger partial charge in [0.25, 0.3) is 5.91 Å². The van der Waals surface area contributed by atoms with Crippen molar-refractivity contribution in [1.29, 1.82) is 0 Å². The Morgan fingerprint density at radius 1 is 1.07 bits per heavy atom. The Kier molecular flexibility index (Phi) is 6.88. The van der Waals surface area contributed by atoms with Gasteiger partial charge in [-0.15, -0.1) is 0 Å². The molecule has 7 rings (SSSR count). The number of fused-ring (bicyclic) bond motifs is 4. The van der Waals surface area contributed by atoms with Crippen molar-refractivity contribution in [2.24, 2.45) is 12.8 Å². The summed E-state index contributed by atoms with van der Waals surface area (Å²) in [5.41, 5.74) is 11.2. The predicted octanol–water partition coefficient (Wildman–Crippen LogP) is 4.27. The summed E-state index contributed by atoms with van der Waals surface area (Å²) in [6.45, 7) is 1.24. The Morgan fingerprint density at radius 2 is 1.90 bits per heavy atom. The first-order valence-corrected chi connectivity index (χ1v) is 15.3. The maximum absolute atomic E-state index is 13.7. The van der Waals surface area contributed by atoms with Crippen LogP contribution in [0.2, 0.25) is 0 Å². The smallest absolute Gasteiger partial charge is 0.254 e. The number of hydrogen-bond acceptors (Lipinski definition) is 6. The number of pyridine rings is 1.